The predicted octanol–water partition coefficient (Wildman–Crippen LogP) is 3.35. The summed E-state index contributed by atoms with van der Waals surface area (Å²) < 4.78 is 0. The van der Waals surface area contributed by atoms with E-state index < -0.39 is 0 Å². The molecule has 0 atom stereocenters. The van der Waals surface area contributed by atoms with Crippen molar-refractivity contribution in [2.45, 2.75) is 27.7 Å². The van der Waals surface area contributed by atoms with Gasteiger partial charge in [-0.3, -0.25) is 0 Å². The fraction of sp³-hybridized carbons (Fsp3) is 0.308. The number of amides is 2. The highest BCUT2D eigenvalue weighted by Crippen LogP contribution is 2.15. The molecule has 0 unspecified atom stereocenters. The van der Waals surface area contributed by atoms with Crippen LogP contribution in [0.25, 0.3) is 0 Å². The van der Waals surface area contributed by atoms with Crippen LogP contribution in [0.1, 0.15) is 25.0 Å². The number of hydrogen-bond donors (Lipinski definition) is 2. The summed E-state index contributed by atoms with van der Waals surface area (Å²) in [5, 5.41) is 5.48. The molecule has 0 aliphatic heterocycles. The second-order valence-corrected chi connectivity index (χ2v) is 4.14. The molecule has 86 valence electrons. The molecule has 2 amide bonds. The van der Waals surface area contributed by atoms with E-state index >= 15 is 0 Å². The third-order valence-electron chi connectivity index (χ3n) is 2.13. The Labute approximate surface area is 96.6 Å². The highest BCUT2D eigenvalue weighted by molar-refractivity contribution is 5.90. The van der Waals surface area contributed by atoms with Gasteiger partial charge in [0.1, 0.15) is 0 Å². The lowest BCUT2D eigenvalue weighted by Gasteiger charge is -2.09. The number of carbonyl (C=O) groups excluding carboxylic acids is 1. The van der Waals surface area contributed by atoms with E-state index in [-0.39, 0.29) is 6.03 Å². The number of rotatable bonds is 2. The van der Waals surface area contributed by atoms with E-state index in [0.717, 1.165) is 22.4 Å². The fourth-order valence-corrected chi connectivity index (χ4v) is 1.24. The van der Waals surface area contributed by atoms with E-state index in [1.54, 1.807) is 6.20 Å². The largest absolute Gasteiger partial charge is 0.323 e. The highest BCUT2D eigenvalue weighted by atomic mass is 16.2. The van der Waals surface area contributed by atoms with Gasteiger partial charge in [0, 0.05) is 11.9 Å². The first-order chi connectivity index (χ1) is 7.49. The Bertz CT molecular complexity index is 418. The maximum atomic E-state index is 11.5. The first-order valence-electron chi connectivity index (χ1n) is 5.27. The number of aryl methyl sites for hydroxylation is 2. The fourth-order valence-electron chi connectivity index (χ4n) is 1.24. The van der Waals surface area contributed by atoms with Crippen molar-refractivity contribution in [2.75, 3.05) is 5.32 Å². The normalized spacial score (nSPS) is 9.50. The van der Waals surface area contributed by atoms with Gasteiger partial charge in [-0.25, -0.2) is 4.79 Å². The van der Waals surface area contributed by atoms with Crippen LogP contribution in [0.5, 0.6) is 0 Å². The average molecular weight is 218 g/mol. The lowest BCUT2D eigenvalue weighted by atomic mass is 10.1. The molecule has 1 aromatic carbocycles. The van der Waals surface area contributed by atoms with E-state index in [2.05, 4.69) is 10.6 Å². The monoisotopic (exact) mass is 218 g/mol. The Morgan fingerprint density at radius 1 is 1.25 bits per heavy atom. The van der Waals surface area contributed by atoms with E-state index in [1.165, 1.54) is 0 Å². The number of benzene rings is 1. The summed E-state index contributed by atoms with van der Waals surface area (Å²) in [6, 6.07) is 5.76. The lowest BCUT2D eigenvalue weighted by molar-refractivity contribution is 0.255. The summed E-state index contributed by atoms with van der Waals surface area (Å²) in [6.07, 6.45) is 1.68. The predicted molar refractivity (Wildman–Crippen MR) is 67.5 cm³/mol. The van der Waals surface area contributed by atoms with Gasteiger partial charge in [0.2, 0.25) is 0 Å². The molecule has 0 fully saturated rings. The van der Waals surface area contributed by atoms with Gasteiger partial charge in [-0.15, -0.1) is 0 Å². The Morgan fingerprint density at radius 2 is 1.94 bits per heavy atom. The van der Waals surface area contributed by atoms with Crippen LogP contribution < -0.4 is 10.6 Å². The van der Waals surface area contributed by atoms with Crippen LogP contribution in [0, 0.1) is 13.8 Å². The van der Waals surface area contributed by atoms with Crippen molar-refractivity contribution in [2.24, 2.45) is 0 Å². The minimum atomic E-state index is -0.213. The van der Waals surface area contributed by atoms with Crippen molar-refractivity contribution in [1.29, 1.82) is 0 Å². The molecule has 16 heavy (non-hydrogen) atoms. The van der Waals surface area contributed by atoms with Gasteiger partial charge in [0.05, 0.1) is 0 Å². The van der Waals surface area contributed by atoms with E-state index in [9.17, 15) is 4.79 Å². The molecule has 2 N–H and O–H groups in total. The van der Waals surface area contributed by atoms with Crippen molar-refractivity contribution in [3.8, 4) is 0 Å². The minimum Gasteiger partial charge on any atom is -0.314 e. The van der Waals surface area contributed by atoms with Crippen LogP contribution >= 0.6 is 0 Å². The maximum absolute atomic E-state index is 11.5. The Morgan fingerprint density at radius 3 is 2.56 bits per heavy atom. The van der Waals surface area contributed by atoms with Crippen LogP contribution in [-0.2, 0) is 0 Å². The summed E-state index contributed by atoms with van der Waals surface area (Å²) in [6.45, 7) is 7.82. The highest BCUT2D eigenvalue weighted by Gasteiger charge is 2.02. The zero-order valence-corrected chi connectivity index (χ0v) is 10.2. The van der Waals surface area contributed by atoms with Crippen LogP contribution in [0.4, 0.5) is 10.5 Å². The molecule has 0 heterocycles. The average Bonchev–Trinajstić information content (AvgIpc) is 2.20. The minimum absolute atomic E-state index is 0.213. The summed E-state index contributed by atoms with van der Waals surface area (Å²) >= 11 is 0. The summed E-state index contributed by atoms with van der Waals surface area (Å²) in [7, 11) is 0. The summed E-state index contributed by atoms with van der Waals surface area (Å²) in [4.78, 5) is 11.5. The van der Waals surface area contributed by atoms with Crippen molar-refractivity contribution < 1.29 is 4.79 Å². The molecular formula is C13H18N2O. The molecule has 0 saturated carbocycles. The molecule has 0 aromatic heterocycles. The standard InChI is InChI=1S/C13H18N2O/c1-9(2)8-14-13(16)15-12-7-10(3)5-6-11(12)4/h5-8H,1-4H3,(H2,14,15,16). The molecule has 1 aromatic rings. The molecule has 0 bridgehead atoms. The molecule has 0 saturated heterocycles. The van der Waals surface area contributed by atoms with Crippen molar-refractivity contribution >= 4 is 11.7 Å². The summed E-state index contributed by atoms with van der Waals surface area (Å²) in [5.74, 6) is 0. The van der Waals surface area contributed by atoms with E-state index in [4.69, 9.17) is 0 Å². The molecule has 0 aliphatic carbocycles. The van der Waals surface area contributed by atoms with Crippen LogP contribution in [0.3, 0.4) is 0 Å². The lowest BCUT2D eigenvalue weighted by Crippen LogP contribution is -2.24. The number of hydrogen-bond acceptors (Lipinski definition) is 1. The van der Waals surface area contributed by atoms with E-state index in [1.807, 2.05) is 45.9 Å². The third kappa shape index (κ3) is 3.77. The summed E-state index contributed by atoms with van der Waals surface area (Å²) in [5.41, 5.74) is 4.08. The van der Waals surface area contributed by atoms with Crippen molar-refractivity contribution in [3.63, 3.8) is 0 Å². The van der Waals surface area contributed by atoms with Gasteiger partial charge in [-0.1, -0.05) is 17.7 Å². The number of nitrogens with one attached hydrogen (secondary N) is 2. The van der Waals surface area contributed by atoms with Gasteiger partial charge in [0.15, 0.2) is 0 Å². The van der Waals surface area contributed by atoms with Crippen LogP contribution in [-0.4, -0.2) is 6.03 Å². The quantitative estimate of drug-likeness (QED) is 0.785. The Hall–Kier alpha value is -1.77. The second kappa shape index (κ2) is 5.35. The molecule has 1 rings (SSSR count). The molecule has 0 spiro atoms. The first-order valence-corrected chi connectivity index (χ1v) is 5.27. The van der Waals surface area contributed by atoms with Gasteiger partial charge < -0.3 is 10.6 Å². The van der Waals surface area contributed by atoms with Crippen LogP contribution in [0.15, 0.2) is 30.0 Å². The number of carbonyl (C=O) groups is 1. The van der Waals surface area contributed by atoms with Gasteiger partial charge in [0.25, 0.3) is 0 Å². The number of urea groups is 1. The van der Waals surface area contributed by atoms with E-state index in [0.29, 0.717) is 0 Å². The van der Waals surface area contributed by atoms with Gasteiger partial charge >= 0.3 is 6.03 Å². The van der Waals surface area contributed by atoms with Gasteiger partial charge in [-0.2, -0.15) is 0 Å². The molecule has 3 nitrogen and oxygen atoms in total. The molecular weight excluding hydrogens is 200 g/mol. The van der Waals surface area contributed by atoms with Crippen molar-refractivity contribution in [1.82, 2.24) is 5.32 Å². The smallest absolute Gasteiger partial charge is 0.314 e. The Balaban J connectivity index is 2.69. The van der Waals surface area contributed by atoms with Crippen LogP contribution in [0.2, 0.25) is 0 Å². The molecule has 3 heteroatoms. The second-order valence-electron chi connectivity index (χ2n) is 4.14. The SMILES string of the molecule is CC(C)=CNC(=O)Nc1cc(C)ccc1C. The zero-order valence-electron chi connectivity index (χ0n) is 10.2. The van der Waals surface area contributed by atoms with Crippen molar-refractivity contribution in [3.05, 3.63) is 41.1 Å². The number of allylic oxidation sites excluding steroid dienone is 1. The Kier molecular flexibility index (Phi) is 4.11. The maximum Gasteiger partial charge on any atom is 0.323 e. The topological polar surface area (TPSA) is 41.1 Å². The molecule has 0 radical (unpaired) electrons. The van der Waals surface area contributed by atoms with Gasteiger partial charge in [-0.05, 0) is 44.9 Å². The third-order valence-corrected chi connectivity index (χ3v) is 2.13. The first kappa shape index (κ1) is 12.3. The zero-order chi connectivity index (χ0) is 12.1. The number of anilines is 1. The molecule has 0 aliphatic rings.